The van der Waals surface area contributed by atoms with E-state index in [0.29, 0.717) is 28.3 Å². The molecule has 0 fully saturated rings. The van der Waals surface area contributed by atoms with Gasteiger partial charge in [0.05, 0.1) is 12.5 Å². The standard InChI is InChI=1S/C33H38N2O7S/c1-19(2)28(32(37)42-33(5,6)7)35(43(38)39)25-16-12-23(13-17-25)22-10-14-24(15-11-22)34-31(36)30-21(4)27-26(41-30)18-9-20(3)29(27)40-8/h9-19,28H,1-8H3,(H,34,36)(H,38,39)/p-1. The molecule has 10 heteroatoms. The van der Waals surface area contributed by atoms with Crippen LogP contribution < -0.4 is 14.4 Å². The van der Waals surface area contributed by atoms with Crippen molar-refractivity contribution in [2.24, 2.45) is 5.92 Å². The van der Waals surface area contributed by atoms with E-state index in [1.807, 2.05) is 38.1 Å². The van der Waals surface area contributed by atoms with Gasteiger partial charge in [0.25, 0.3) is 5.91 Å². The summed E-state index contributed by atoms with van der Waals surface area (Å²) >= 11 is -2.71. The molecule has 0 aliphatic carbocycles. The summed E-state index contributed by atoms with van der Waals surface area (Å²) in [6, 6.07) is 16.8. The minimum absolute atomic E-state index is 0.213. The van der Waals surface area contributed by atoms with Gasteiger partial charge >= 0.3 is 5.97 Å². The van der Waals surface area contributed by atoms with Gasteiger partial charge in [-0.15, -0.1) is 0 Å². The largest absolute Gasteiger partial charge is 0.755 e. The molecule has 0 aliphatic rings. The number of hydrogen-bond acceptors (Lipinski definition) is 7. The molecule has 9 nitrogen and oxygen atoms in total. The van der Waals surface area contributed by atoms with Crippen molar-refractivity contribution < 1.29 is 32.2 Å². The molecule has 0 saturated heterocycles. The van der Waals surface area contributed by atoms with E-state index in [4.69, 9.17) is 13.9 Å². The summed E-state index contributed by atoms with van der Waals surface area (Å²) < 4.78 is 42.6. The van der Waals surface area contributed by atoms with Crippen molar-refractivity contribution in [3.05, 3.63) is 77.6 Å². The van der Waals surface area contributed by atoms with Crippen LogP contribution in [0.5, 0.6) is 5.75 Å². The average molecular weight is 606 g/mol. The van der Waals surface area contributed by atoms with Gasteiger partial charge in [0.1, 0.15) is 23.0 Å². The van der Waals surface area contributed by atoms with Gasteiger partial charge in [0.15, 0.2) is 5.76 Å². The SMILES string of the molecule is COc1c(C)ccc2oc(C(=O)Nc3ccc(-c4ccc(N(C(C(=O)OC(C)(C)C)C(C)C)S(=O)[O-])cc4)cc3)c(C)c12. The zero-order valence-electron chi connectivity index (χ0n) is 25.6. The van der Waals surface area contributed by atoms with Crippen LogP contribution >= 0.6 is 0 Å². The number of nitrogens with zero attached hydrogens (tertiary/aromatic N) is 1. The molecule has 0 spiro atoms. The van der Waals surface area contributed by atoms with Crippen LogP contribution in [0.25, 0.3) is 22.1 Å². The molecule has 3 aromatic carbocycles. The highest BCUT2D eigenvalue weighted by molar-refractivity contribution is 7.80. The zero-order valence-corrected chi connectivity index (χ0v) is 26.5. The molecule has 0 aliphatic heterocycles. The van der Waals surface area contributed by atoms with Gasteiger partial charge in [-0.1, -0.05) is 44.2 Å². The molecule has 1 N–H and O–H groups in total. The monoisotopic (exact) mass is 605 g/mol. The van der Waals surface area contributed by atoms with Gasteiger partial charge in [-0.25, -0.2) is 4.79 Å². The highest BCUT2D eigenvalue weighted by atomic mass is 32.2. The first-order valence-corrected chi connectivity index (χ1v) is 14.9. The maximum Gasteiger partial charge on any atom is 0.330 e. The first-order valence-electron chi connectivity index (χ1n) is 13.9. The Morgan fingerprint density at radius 2 is 1.53 bits per heavy atom. The third-order valence-corrected chi connectivity index (χ3v) is 7.70. The van der Waals surface area contributed by atoms with Crippen molar-refractivity contribution in [1.29, 1.82) is 0 Å². The van der Waals surface area contributed by atoms with Crippen molar-refractivity contribution in [3.63, 3.8) is 0 Å². The summed E-state index contributed by atoms with van der Waals surface area (Å²) in [5.41, 5.74) is 4.08. The minimum atomic E-state index is -2.71. The first kappa shape index (κ1) is 31.8. The Morgan fingerprint density at radius 3 is 2.05 bits per heavy atom. The van der Waals surface area contributed by atoms with E-state index in [2.05, 4.69) is 5.32 Å². The van der Waals surface area contributed by atoms with Gasteiger partial charge in [0, 0.05) is 28.2 Å². The van der Waals surface area contributed by atoms with Gasteiger partial charge in [-0.3, -0.25) is 13.3 Å². The van der Waals surface area contributed by atoms with Crippen LogP contribution in [0.2, 0.25) is 0 Å². The van der Waals surface area contributed by atoms with Crippen LogP contribution in [0.3, 0.4) is 0 Å². The van der Waals surface area contributed by atoms with Gasteiger partial charge < -0.3 is 23.8 Å². The number of nitrogens with one attached hydrogen (secondary N) is 1. The number of methoxy groups -OCH3 is 1. The number of amides is 1. The van der Waals surface area contributed by atoms with Crippen molar-refractivity contribution >= 4 is 45.5 Å². The maximum atomic E-state index is 13.1. The Balaban J connectivity index is 1.53. The second kappa shape index (κ2) is 12.6. The predicted octanol–water partition coefficient (Wildman–Crippen LogP) is 6.94. The maximum absolute atomic E-state index is 13.1. The second-order valence-electron chi connectivity index (χ2n) is 11.7. The fourth-order valence-electron chi connectivity index (χ4n) is 4.96. The number of fused-ring (bicyclic) bond motifs is 1. The summed E-state index contributed by atoms with van der Waals surface area (Å²) in [6.07, 6.45) is 0. The molecular formula is C33H37N2O7S-. The number of furan rings is 1. The third-order valence-electron chi connectivity index (χ3n) is 6.95. The van der Waals surface area contributed by atoms with Crippen molar-refractivity contribution in [3.8, 4) is 16.9 Å². The highest BCUT2D eigenvalue weighted by Crippen LogP contribution is 2.36. The van der Waals surface area contributed by atoms with E-state index in [0.717, 1.165) is 26.4 Å². The number of esters is 1. The van der Waals surface area contributed by atoms with Gasteiger partial charge in [-0.05, 0) is 87.6 Å². The summed E-state index contributed by atoms with van der Waals surface area (Å²) in [7, 11) is 1.59. The van der Waals surface area contributed by atoms with E-state index in [1.54, 1.807) is 78.1 Å². The van der Waals surface area contributed by atoms with Crippen LogP contribution in [0.1, 0.15) is 56.3 Å². The number of benzene rings is 3. The summed E-state index contributed by atoms with van der Waals surface area (Å²) in [4.78, 5) is 26.0. The van der Waals surface area contributed by atoms with Crippen LogP contribution in [0.15, 0.2) is 65.1 Å². The lowest BCUT2D eigenvalue weighted by Gasteiger charge is -2.36. The van der Waals surface area contributed by atoms with Crippen LogP contribution in [0, 0.1) is 19.8 Å². The molecule has 0 saturated carbocycles. The van der Waals surface area contributed by atoms with E-state index in [9.17, 15) is 18.4 Å². The number of ether oxygens (including phenoxy) is 2. The first-order chi connectivity index (χ1) is 20.2. The third kappa shape index (κ3) is 6.92. The van der Waals surface area contributed by atoms with Crippen LogP contribution in [0.4, 0.5) is 11.4 Å². The molecule has 1 heterocycles. The molecule has 43 heavy (non-hydrogen) atoms. The zero-order chi connectivity index (χ0) is 31.6. The number of aryl methyl sites for hydroxylation is 2. The fourth-order valence-corrected chi connectivity index (χ4v) is 5.77. The Morgan fingerprint density at radius 1 is 0.953 bits per heavy atom. The predicted molar refractivity (Wildman–Crippen MR) is 168 cm³/mol. The second-order valence-corrected chi connectivity index (χ2v) is 12.5. The summed E-state index contributed by atoms with van der Waals surface area (Å²) in [5, 5.41) is 3.66. The van der Waals surface area contributed by atoms with Gasteiger partial charge in [-0.2, -0.15) is 0 Å². The molecule has 1 aromatic heterocycles. The van der Waals surface area contributed by atoms with Crippen LogP contribution in [-0.2, 0) is 20.8 Å². The minimum Gasteiger partial charge on any atom is -0.755 e. The van der Waals surface area contributed by atoms with Crippen LogP contribution in [-0.4, -0.2) is 39.4 Å². The van der Waals surface area contributed by atoms with Crippen molar-refractivity contribution in [1.82, 2.24) is 0 Å². The van der Waals surface area contributed by atoms with E-state index < -0.39 is 28.9 Å². The van der Waals surface area contributed by atoms with Crippen molar-refractivity contribution in [2.45, 2.75) is 60.1 Å². The highest BCUT2D eigenvalue weighted by Gasteiger charge is 2.34. The molecule has 0 radical (unpaired) electrons. The quantitative estimate of drug-likeness (QED) is 0.162. The number of hydrogen-bond donors (Lipinski definition) is 1. The Kier molecular flexibility index (Phi) is 9.32. The lowest BCUT2D eigenvalue weighted by molar-refractivity contribution is -0.157. The molecule has 2 unspecified atom stereocenters. The number of carbonyl (C=O) groups is 2. The molecule has 2 atom stereocenters. The summed E-state index contributed by atoms with van der Waals surface area (Å²) in [6.45, 7) is 12.5. The lowest BCUT2D eigenvalue weighted by Crippen LogP contribution is -2.48. The molecule has 1 amide bonds. The average Bonchev–Trinajstić information content (AvgIpc) is 3.27. The van der Waals surface area contributed by atoms with E-state index >= 15 is 0 Å². The van der Waals surface area contributed by atoms with Gasteiger partial charge in [0.2, 0.25) is 0 Å². The number of carbonyl (C=O) groups excluding carboxylic acids is 2. The summed E-state index contributed by atoms with van der Waals surface area (Å²) in [5.74, 6) is -0.418. The molecular weight excluding hydrogens is 568 g/mol. The van der Waals surface area contributed by atoms with Crippen molar-refractivity contribution in [2.75, 3.05) is 16.7 Å². The molecule has 4 aromatic rings. The Labute approximate surface area is 254 Å². The fraction of sp³-hybridized carbons (Fsp3) is 0.333. The normalized spacial score (nSPS) is 13.1. The molecule has 228 valence electrons. The lowest BCUT2D eigenvalue weighted by atomic mass is 10.0. The number of anilines is 2. The topological polar surface area (TPSA) is 121 Å². The Hall–Kier alpha value is -4.15. The van der Waals surface area contributed by atoms with E-state index in [-0.39, 0.29) is 17.6 Å². The molecule has 0 bridgehead atoms. The Bertz CT molecular complexity index is 1650. The number of rotatable bonds is 9. The van der Waals surface area contributed by atoms with E-state index in [1.165, 1.54) is 0 Å². The smallest absolute Gasteiger partial charge is 0.330 e. The molecule has 4 rings (SSSR count).